The highest BCUT2D eigenvalue weighted by Gasteiger charge is 2.36. The Labute approximate surface area is 106 Å². The van der Waals surface area contributed by atoms with E-state index in [0.29, 0.717) is 17.9 Å². The molecule has 1 aliphatic heterocycles. The maximum absolute atomic E-state index is 13.4. The molecule has 0 radical (unpaired) electrons. The molecule has 2 rings (SSSR count). The summed E-state index contributed by atoms with van der Waals surface area (Å²) in [7, 11) is 0. The first kappa shape index (κ1) is 12.8. The summed E-state index contributed by atoms with van der Waals surface area (Å²) in [5.74, 6) is -0.329. The fraction of sp³-hybridized carbons (Fsp3) is 0.462. The molecule has 0 atom stereocenters. The van der Waals surface area contributed by atoms with Gasteiger partial charge in [-0.3, -0.25) is 4.90 Å². The lowest BCUT2D eigenvalue weighted by Crippen LogP contribution is -2.46. The van der Waals surface area contributed by atoms with Gasteiger partial charge in [0.05, 0.1) is 12.1 Å². The molecule has 98 valence electrons. The Morgan fingerprint density at radius 1 is 1.50 bits per heavy atom. The zero-order chi connectivity index (χ0) is 13.3. The number of hydrogen-bond donors (Lipinski definition) is 1. The van der Waals surface area contributed by atoms with Gasteiger partial charge in [0.2, 0.25) is 0 Å². The van der Waals surface area contributed by atoms with Crippen LogP contribution in [0.25, 0.3) is 0 Å². The highest BCUT2D eigenvalue weighted by atomic mass is 19.1. The predicted octanol–water partition coefficient (Wildman–Crippen LogP) is 2.73. The first-order chi connectivity index (χ1) is 8.40. The maximum Gasteiger partial charge on any atom is 0.324 e. The van der Waals surface area contributed by atoms with Crippen molar-refractivity contribution in [3.63, 3.8) is 0 Å². The minimum Gasteiger partial charge on any atom is -0.359 e. The molecule has 1 heterocycles. The SMILES string of the molecule is Cc1ccc(NC(=O)N2COCC2(C)C)cc1F. The number of hydrogen-bond acceptors (Lipinski definition) is 2. The average molecular weight is 252 g/mol. The van der Waals surface area contributed by atoms with Crippen molar-refractivity contribution in [2.24, 2.45) is 0 Å². The molecule has 2 amide bonds. The zero-order valence-electron chi connectivity index (χ0n) is 10.8. The number of benzene rings is 1. The molecule has 0 saturated carbocycles. The van der Waals surface area contributed by atoms with Gasteiger partial charge in [-0.15, -0.1) is 0 Å². The van der Waals surface area contributed by atoms with Gasteiger partial charge in [-0.2, -0.15) is 0 Å². The number of rotatable bonds is 1. The van der Waals surface area contributed by atoms with Gasteiger partial charge in [-0.05, 0) is 38.5 Å². The number of anilines is 1. The molecule has 1 aromatic carbocycles. The lowest BCUT2D eigenvalue weighted by molar-refractivity contribution is 0.147. The van der Waals surface area contributed by atoms with Gasteiger partial charge in [-0.1, -0.05) is 6.07 Å². The summed E-state index contributed by atoms with van der Waals surface area (Å²) in [5.41, 5.74) is 0.663. The van der Waals surface area contributed by atoms with Crippen molar-refractivity contribution >= 4 is 11.7 Å². The van der Waals surface area contributed by atoms with Crippen LogP contribution in [0, 0.1) is 12.7 Å². The molecule has 1 N–H and O–H groups in total. The highest BCUT2D eigenvalue weighted by molar-refractivity contribution is 5.89. The molecule has 4 nitrogen and oxygen atoms in total. The number of carbonyl (C=O) groups excluding carboxylic acids is 1. The molecule has 0 spiro atoms. The van der Waals surface area contributed by atoms with Gasteiger partial charge in [0, 0.05) is 5.69 Å². The zero-order valence-corrected chi connectivity index (χ0v) is 10.8. The quantitative estimate of drug-likeness (QED) is 0.835. The van der Waals surface area contributed by atoms with Gasteiger partial charge in [0.1, 0.15) is 12.5 Å². The Hall–Kier alpha value is -1.62. The van der Waals surface area contributed by atoms with Crippen molar-refractivity contribution in [1.82, 2.24) is 4.90 Å². The Morgan fingerprint density at radius 2 is 2.22 bits per heavy atom. The summed E-state index contributed by atoms with van der Waals surface area (Å²) < 4.78 is 18.6. The molecule has 18 heavy (non-hydrogen) atoms. The number of ether oxygens (including phenoxy) is 1. The number of carbonyl (C=O) groups is 1. The molecule has 0 bridgehead atoms. The Bertz CT molecular complexity index is 474. The highest BCUT2D eigenvalue weighted by Crippen LogP contribution is 2.23. The second kappa shape index (κ2) is 4.57. The number of aryl methyl sites for hydroxylation is 1. The van der Waals surface area contributed by atoms with Crippen LogP contribution in [0.2, 0.25) is 0 Å². The lowest BCUT2D eigenvalue weighted by atomic mass is 10.1. The van der Waals surface area contributed by atoms with E-state index < -0.39 is 0 Å². The van der Waals surface area contributed by atoms with E-state index in [2.05, 4.69) is 5.32 Å². The van der Waals surface area contributed by atoms with Crippen LogP contribution in [0.1, 0.15) is 19.4 Å². The third-order valence-corrected chi connectivity index (χ3v) is 3.07. The molecule has 0 aromatic heterocycles. The largest absolute Gasteiger partial charge is 0.359 e. The first-order valence-electron chi connectivity index (χ1n) is 5.83. The molecule has 1 fully saturated rings. The van der Waals surface area contributed by atoms with E-state index in [4.69, 9.17) is 4.74 Å². The third-order valence-electron chi connectivity index (χ3n) is 3.07. The van der Waals surface area contributed by atoms with Crippen molar-refractivity contribution in [2.75, 3.05) is 18.7 Å². The fourth-order valence-corrected chi connectivity index (χ4v) is 1.83. The normalized spacial score (nSPS) is 17.9. The topological polar surface area (TPSA) is 41.6 Å². The van der Waals surface area contributed by atoms with E-state index in [0.717, 1.165) is 0 Å². The van der Waals surface area contributed by atoms with Crippen LogP contribution in [-0.4, -0.2) is 29.8 Å². The third kappa shape index (κ3) is 2.46. The summed E-state index contributed by atoms with van der Waals surface area (Å²) >= 11 is 0. The van der Waals surface area contributed by atoms with Gasteiger partial charge >= 0.3 is 6.03 Å². The minimum absolute atomic E-state index is 0.257. The first-order valence-corrected chi connectivity index (χ1v) is 5.83. The molecular formula is C13H17FN2O2. The van der Waals surface area contributed by atoms with E-state index >= 15 is 0 Å². The van der Waals surface area contributed by atoms with Crippen LogP contribution in [0.4, 0.5) is 14.9 Å². The van der Waals surface area contributed by atoms with Gasteiger partial charge in [0.15, 0.2) is 0 Å². The van der Waals surface area contributed by atoms with Crippen molar-refractivity contribution in [1.29, 1.82) is 0 Å². The maximum atomic E-state index is 13.4. The molecule has 5 heteroatoms. The minimum atomic E-state index is -0.340. The van der Waals surface area contributed by atoms with Crippen LogP contribution in [0.5, 0.6) is 0 Å². The predicted molar refractivity (Wildman–Crippen MR) is 66.9 cm³/mol. The van der Waals surface area contributed by atoms with Crippen LogP contribution in [0.15, 0.2) is 18.2 Å². The number of halogens is 1. The smallest absolute Gasteiger partial charge is 0.324 e. The van der Waals surface area contributed by atoms with E-state index in [-0.39, 0.29) is 24.1 Å². The monoisotopic (exact) mass is 252 g/mol. The van der Waals surface area contributed by atoms with E-state index in [1.54, 1.807) is 24.0 Å². The van der Waals surface area contributed by atoms with Gasteiger partial charge < -0.3 is 10.1 Å². The molecule has 1 aromatic rings. The van der Waals surface area contributed by atoms with Crippen molar-refractivity contribution < 1.29 is 13.9 Å². The van der Waals surface area contributed by atoms with Crippen molar-refractivity contribution in [3.8, 4) is 0 Å². The molecule has 0 aliphatic carbocycles. The summed E-state index contributed by atoms with van der Waals surface area (Å²) in [6.45, 7) is 6.29. The van der Waals surface area contributed by atoms with Crippen LogP contribution < -0.4 is 5.32 Å². The van der Waals surface area contributed by atoms with Gasteiger partial charge in [0.25, 0.3) is 0 Å². The second-order valence-electron chi connectivity index (χ2n) is 5.11. The molecule has 1 aliphatic rings. The number of nitrogens with one attached hydrogen (secondary N) is 1. The Balaban J connectivity index is 2.09. The van der Waals surface area contributed by atoms with E-state index in [9.17, 15) is 9.18 Å². The molecule has 0 unspecified atom stereocenters. The summed E-state index contributed by atoms with van der Waals surface area (Å²) in [6, 6.07) is 4.36. The van der Waals surface area contributed by atoms with Crippen LogP contribution in [0.3, 0.4) is 0 Å². The van der Waals surface area contributed by atoms with Crippen LogP contribution in [-0.2, 0) is 4.74 Å². The standard InChI is InChI=1S/C13H17FN2O2/c1-9-4-5-10(6-11(9)14)15-12(17)16-8-18-7-13(16,2)3/h4-6H,7-8H2,1-3H3,(H,15,17). The Kier molecular flexibility index (Phi) is 3.26. The van der Waals surface area contributed by atoms with E-state index in [1.165, 1.54) is 6.07 Å². The summed E-state index contributed by atoms with van der Waals surface area (Å²) in [5, 5.41) is 2.67. The number of urea groups is 1. The molecule has 1 saturated heterocycles. The molecular weight excluding hydrogens is 235 g/mol. The van der Waals surface area contributed by atoms with Gasteiger partial charge in [-0.25, -0.2) is 9.18 Å². The summed E-state index contributed by atoms with van der Waals surface area (Å²) in [4.78, 5) is 13.6. The van der Waals surface area contributed by atoms with Crippen molar-refractivity contribution in [3.05, 3.63) is 29.6 Å². The Morgan fingerprint density at radius 3 is 2.78 bits per heavy atom. The number of nitrogens with zero attached hydrogens (tertiary/aromatic N) is 1. The second-order valence-corrected chi connectivity index (χ2v) is 5.11. The summed E-state index contributed by atoms with van der Waals surface area (Å²) in [6.07, 6.45) is 0. The fourth-order valence-electron chi connectivity index (χ4n) is 1.83. The van der Waals surface area contributed by atoms with E-state index in [1.807, 2.05) is 13.8 Å². The van der Waals surface area contributed by atoms with Crippen molar-refractivity contribution in [2.45, 2.75) is 26.3 Å². The lowest BCUT2D eigenvalue weighted by Gasteiger charge is -2.29. The average Bonchev–Trinajstić information content (AvgIpc) is 2.63. The number of amides is 2. The van der Waals surface area contributed by atoms with Crippen LogP contribution >= 0.6 is 0 Å².